The summed E-state index contributed by atoms with van der Waals surface area (Å²) in [6.07, 6.45) is 1.71. The second-order valence-electron chi connectivity index (χ2n) is 5.28. The molecule has 5 heteroatoms. The fraction of sp³-hybridized carbons (Fsp3) is 0.438. The van der Waals surface area contributed by atoms with E-state index in [2.05, 4.69) is 34.1 Å². The third kappa shape index (κ3) is 3.68. The highest BCUT2D eigenvalue weighted by atomic mass is 16.5. The van der Waals surface area contributed by atoms with Crippen LogP contribution < -0.4 is 10.1 Å². The molecule has 0 aliphatic carbocycles. The SMILES string of the molecule is CCNc1nc(C(C)C)nc(Oc2ccc(C)nc2)c1C. The molecule has 0 atom stereocenters. The Balaban J connectivity index is 2.38. The Labute approximate surface area is 125 Å². The van der Waals surface area contributed by atoms with Crippen molar-refractivity contribution < 1.29 is 4.74 Å². The van der Waals surface area contributed by atoms with Crippen LogP contribution in [-0.4, -0.2) is 21.5 Å². The maximum Gasteiger partial charge on any atom is 0.227 e. The number of rotatable bonds is 5. The molecule has 112 valence electrons. The van der Waals surface area contributed by atoms with Crippen molar-refractivity contribution in [2.45, 2.75) is 40.5 Å². The molecule has 0 radical (unpaired) electrons. The lowest BCUT2D eigenvalue weighted by atomic mass is 10.2. The third-order valence-electron chi connectivity index (χ3n) is 3.08. The molecule has 0 aliphatic heterocycles. The molecule has 0 amide bonds. The number of hydrogen-bond acceptors (Lipinski definition) is 5. The largest absolute Gasteiger partial charge is 0.437 e. The van der Waals surface area contributed by atoms with E-state index in [0.29, 0.717) is 11.6 Å². The van der Waals surface area contributed by atoms with Gasteiger partial charge in [0.05, 0.1) is 11.8 Å². The van der Waals surface area contributed by atoms with Crippen LogP contribution in [0.3, 0.4) is 0 Å². The van der Waals surface area contributed by atoms with E-state index in [4.69, 9.17) is 4.74 Å². The van der Waals surface area contributed by atoms with E-state index in [1.54, 1.807) is 6.20 Å². The molecule has 0 unspecified atom stereocenters. The van der Waals surface area contributed by atoms with Gasteiger partial charge in [-0.1, -0.05) is 13.8 Å². The molecular weight excluding hydrogens is 264 g/mol. The van der Waals surface area contributed by atoms with Crippen molar-refractivity contribution in [3.05, 3.63) is 35.4 Å². The molecule has 2 heterocycles. The van der Waals surface area contributed by atoms with E-state index in [1.807, 2.05) is 32.9 Å². The van der Waals surface area contributed by atoms with Crippen molar-refractivity contribution in [3.8, 4) is 11.6 Å². The van der Waals surface area contributed by atoms with Gasteiger partial charge >= 0.3 is 0 Å². The Hall–Kier alpha value is -2.17. The smallest absolute Gasteiger partial charge is 0.227 e. The first-order chi connectivity index (χ1) is 10.0. The summed E-state index contributed by atoms with van der Waals surface area (Å²) >= 11 is 0. The molecule has 0 aliphatic rings. The standard InChI is InChI=1S/C16H22N4O/c1-6-17-15-12(5)16(20-14(19-15)10(2)3)21-13-8-7-11(4)18-9-13/h7-10H,6H2,1-5H3,(H,17,19,20). The summed E-state index contributed by atoms with van der Waals surface area (Å²) < 4.78 is 5.89. The lowest BCUT2D eigenvalue weighted by Gasteiger charge is -2.15. The van der Waals surface area contributed by atoms with Crippen molar-refractivity contribution in [1.82, 2.24) is 15.0 Å². The van der Waals surface area contributed by atoms with E-state index in [1.165, 1.54) is 0 Å². The van der Waals surface area contributed by atoms with E-state index in [0.717, 1.165) is 29.4 Å². The van der Waals surface area contributed by atoms with E-state index in [9.17, 15) is 0 Å². The molecule has 1 N–H and O–H groups in total. The highest BCUT2D eigenvalue weighted by Gasteiger charge is 2.14. The first-order valence-electron chi connectivity index (χ1n) is 7.24. The van der Waals surface area contributed by atoms with E-state index < -0.39 is 0 Å². The van der Waals surface area contributed by atoms with Crippen LogP contribution in [0.25, 0.3) is 0 Å². The van der Waals surface area contributed by atoms with Gasteiger partial charge in [0.15, 0.2) is 0 Å². The highest BCUT2D eigenvalue weighted by Crippen LogP contribution is 2.28. The zero-order chi connectivity index (χ0) is 15.4. The number of nitrogens with one attached hydrogen (secondary N) is 1. The Bertz CT molecular complexity index is 608. The molecule has 21 heavy (non-hydrogen) atoms. The average Bonchev–Trinajstić information content (AvgIpc) is 2.45. The predicted octanol–water partition coefficient (Wildman–Crippen LogP) is 3.84. The Morgan fingerprint density at radius 2 is 1.95 bits per heavy atom. The number of aromatic nitrogens is 3. The van der Waals surface area contributed by atoms with Gasteiger partial charge in [-0.25, -0.2) is 4.98 Å². The van der Waals surface area contributed by atoms with Gasteiger partial charge in [-0.15, -0.1) is 0 Å². The van der Waals surface area contributed by atoms with Gasteiger partial charge in [0.1, 0.15) is 17.4 Å². The normalized spacial score (nSPS) is 10.8. The number of hydrogen-bond donors (Lipinski definition) is 1. The number of aryl methyl sites for hydroxylation is 1. The van der Waals surface area contributed by atoms with Crippen LogP contribution in [0.2, 0.25) is 0 Å². The Morgan fingerprint density at radius 1 is 1.19 bits per heavy atom. The van der Waals surface area contributed by atoms with Crippen LogP contribution in [0, 0.1) is 13.8 Å². The summed E-state index contributed by atoms with van der Waals surface area (Å²) in [5.74, 6) is 3.09. The van der Waals surface area contributed by atoms with Gasteiger partial charge in [-0.2, -0.15) is 4.98 Å². The predicted molar refractivity (Wildman–Crippen MR) is 84.1 cm³/mol. The molecule has 2 aromatic heterocycles. The van der Waals surface area contributed by atoms with Crippen molar-refractivity contribution in [1.29, 1.82) is 0 Å². The monoisotopic (exact) mass is 286 g/mol. The first-order valence-corrected chi connectivity index (χ1v) is 7.24. The lowest BCUT2D eigenvalue weighted by Crippen LogP contribution is -2.08. The maximum atomic E-state index is 5.89. The second kappa shape index (κ2) is 6.52. The zero-order valence-corrected chi connectivity index (χ0v) is 13.3. The average molecular weight is 286 g/mol. The summed E-state index contributed by atoms with van der Waals surface area (Å²) in [4.78, 5) is 13.3. The van der Waals surface area contributed by atoms with Gasteiger partial charge in [-0.3, -0.25) is 4.98 Å². The maximum absolute atomic E-state index is 5.89. The van der Waals surface area contributed by atoms with Gasteiger partial charge in [0, 0.05) is 18.2 Å². The van der Waals surface area contributed by atoms with Gasteiger partial charge in [-0.05, 0) is 32.9 Å². The summed E-state index contributed by atoms with van der Waals surface area (Å²) in [6, 6.07) is 3.81. The Morgan fingerprint density at radius 3 is 2.52 bits per heavy atom. The fourth-order valence-corrected chi connectivity index (χ4v) is 1.84. The number of anilines is 1. The number of nitrogens with zero attached hydrogens (tertiary/aromatic N) is 3. The minimum absolute atomic E-state index is 0.237. The van der Waals surface area contributed by atoms with Crippen molar-refractivity contribution >= 4 is 5.82 Å². The van der Waals surface area contributed by atoms with Crippen LogP contribution in [0.4, 0.5) is 5.82 Å². The minimum Gasteiger partial charge on any atom is -0.437 e. The van der Waals surface area contributed by atoms with E-state index in [-0.39, 0.29) is 5.92 Å². The molecule has 0 aromatic carbocycles. The summed E-state index contributed by atoms with van der Waals surface area (Å²) in [6.45, 7) is 10.9. The summed E-state index contributed by atoms with van der Waals surface area (Å²) in [5, 5.41) is 3.26. The molecule has 2 aromatic rings. The third-order valence-corrected chi connectivity index (χ3v) is 3.08. The summed E-state index contributed by atoms with van der Waals surface area (Å²) in [5.41, 5.74) is 1.86. The highest BCUT2D eigenvalue weighted by molar-refractivity contribution is 5.49. The molecule has 0 bridgehead atoms. The quantitative estimate of drug-likeness (QED) is 0.905. The van der Waals surface area contributed by atoms with E-state index >= 15 is 0 Å². The minimum atomic E-state index is 0.237. The molecule has 0 fully saturated rings. The summed E-state index contributed by atoms with van der Waals surface area (Å²) in [7, 11) is 0. The van der Waals surface area contributed by atoms with Crippen molar-refractivity contribution in [2.24, 2.45) is 0 Å². The van der Waals surface area contributed by atoms with Crippen molar-refractivity contribution in [2.75, 3.05) is 11.9 Å². The topological polar surface area (TPSA) is 59.9 Å². The lowest BCUT2D eigenvalue weighted by molar-refractivity contribution is 0.451. The number of pyridine rings is 1. The second-order valence-corrected chi connectivity index (χ2v) is 5.28. The van der Waals surface area contributed by atoms with Gasteiger partial charge in [0.2, 0.25) is 5.88 Å². The zero-order valence-electron chi connectivity index (χ0n) is 13.3. The van der Waals surface area contributed by atoms with Gasteiger partial charge < -0.3 is 10.1 Å². The van der Waals surface area contributed by atoms with Crippen LogP contribution in [0.1, 0.15) is 43.8 Å². The van der Waals surface area contributed by atoms with Crippen LogP contribution in [-0.2, 0) is 0 Å². The first kappa shape index (κ1) is 15.2. The molecule has 0 saturated carbocycles. The molecule has 5 nitrogen and oxygen atoms in total. The van der Waals surface area contributed by atoms with Crippen LogP contribution in [0.15, 0.2) is 18.3 Å². The fourth-order valence-electron chi connectivity index (χ4n) is 1.84. The molecular formula is C16H22N4O. The van der Waals surface area contributed by atoms with Crippen LogP contribution in [0.5, 0.6) is 11.6 Å². The van der Waals surface area contributed by atoms with Crippen LogP contribution >= 0.6 is 0 Å². The molecule has 0 spiro atoms. The molecule has 2 rings (SSSR count). The number of ether oxygens (including phenoxy) is 1. The van der Waals surface area contributed by atoms with Gasteiger partial charge in [0.25, 0.3) is 0 Å². The molecule has 0 saturated heterocycles. The Kier molecular flexibility index (Phi) is 4.73. The van der Waals surface area contributed by atoms with Crippen molar-refractivity contribution in [3.63, 3.8) is 0 Å².